The lowest BCUT2D eigenvalue weighted by Crippen LogP contribution is -2.41. The number of hydrogen-bond acceptors (Lipinski definition) is 4. The minimum atomic E-state index is -0.256. The second kappa shape index (κ2) is 3.98. The highest BCUT2D eigenvalue weighted by Gasteiger charge is 2.32. The smallest absolute Gasteiger partial charge is 0.222 e. The molecule has 3 N–H and O–H groups in total. The predicted molar refractivity (Wildman–Crippen MR) is 53.7 cm³/mol. The van der Waals surface area contributed by atoms with Gasteiger partial charge in [-0.25, -0.2) is 0 Å². The summed E-state index contributed by atoms with van der Waals surface area (Å²) in [6.45, 7) is 0.902. The van der Waals surface area contributed by atoms with Gasteiger partial charge in [0, 0.05) is 7.05 Å². The van der Waals surface area contributed by atoms with Crippen molar-refractivity contribution in [1.29, 1.82) is 0 Å². The van der Waals surface area contributed by atoms with Crippen LogP contribution in [-0.4, -0.2) is 27.4 Å². The van der Waals surface area contributed by atoms with Gasteiger partial charge in [-0.1, -0.05) is 5.21 Å². The molecule has 6 heteroatoms. The van der Waals surface area contributed by atoms with Crippen molar-refractivity contribution < 1.29 is 4.79 Å². The highest BCUT2D eigenvalue weighted by atomic mass is 16.1. The Bertz CT molecular complexity index is 361. The molecule has 0 bridgehead atoms. The number of piperidine rings is 1. The highest BCUT2D eigenvalue weighted by molar-refractivity contribution is 5.77. The van der Waals surface area contributed by atoms with E-state index in [0.717, 1.165) is 25.1 Å². The number of carbonyl (C=O) groups excluding carboxylic acids is 1. The number of aromatic nitrogens is 3. The van der Waals surface area contributed by atoms with E-state index in [2.05, 4.69) is 15.6 Å². The van der Waals surface area contributed by atoms with Crippen LogP contribution in [0, 0.1) is 5.92 Å². The number of nitrogens with one attached hydrogen (secondary N) is 1. The van der Waals surface area contributed by atoms with Crippen LogP contribution in [-0.2, 0) is 11.8 Å². The Balaban J connectivity index is 2.25. The largest absolute Gasteiger partial charge is 0.369 e. The lowest BCUT2D eigenvalue weighted by Gasteiger charge is -2.30. The lowest BCUT2D eigenvalue weighted by molar-refractivity contribution is -0.123. The number of nitrogens with zero attached hydrogens (tertiary/aromatic N) is 3. The van der Waals surface area contributed by atoms with Crippen LogP contribution in [0.1, 0.15) is 24.6 Å². The molecule has 6 nitrogen and oxygen atoms in total. The highest BCUT2D eigenvalue weighted by Crippen LogP contribution is 2.27. The lowest BCUT2D eigenvalue weighted by atomic mass is 9.88. The van der Waals surface area contributed by atoms with E-state index >= 15 is 0 Å². The van der Waals surface area contributed by atoms with Gasteiger partial charge in [-0.3, -0.25) is 9.48 Å². The maximum atomic E-state index is 11.3. The summed E-state index contributed by atoms with van der Waals surface area (Å²) in [5.41, 5.74) is 6.30. The molecule has 0 aliphatic carbocycles. The first-order valence-electron chi connectivity index (χ1n) is 5.07. The van der Waals surface area contributed by atoms with Gasteiger partial charge >= 0.3 is 0 Å². The summed E-state index contributed by atoms with van der Waals surface area (Å²) in [5.74, 6) is -0.413. The summed E-state index contributed by atoms with van der Waals surface area (Å²) in [4.78, 5) is 11.3. The molecule has 1 saturated heterocycles. The third-order valence-electron chi connectivity index (χ3n) is 2.89. The monoisotopic (exact) mass is 209 g/mol. The van der Waals surface area contributed by atoms with Gasteiger partial charge in [-0.05, 0) is 19.4 Å². The van der Waals surface area contributed by atoms with Crippen LogP contribution >= 0.6 is 0 Å². The van der Waals surface area contributed by atoms with Gasteiger partial charge in [-0.15, -0.1) is 5.10 Å². The van der Waals surface area contributed by atoms with Crippen molar-refractivity contribution in [2.75, 3.05) is 6.54 Å². The first kappa shape index (κ1) is 10.1. The molecule has 2 rings (SSSR count). The van der Waals surface area contributed by atoms with Crippen molar-refractivity contribution in [3.8, 4) is 0 Å². The van der Waals surface area contributed by atoms with Crippen molar-refractivity contribution in [3.63, 3.8) is 0 Å². The van der Waals surface area contributed by atoms with Gasteiger partial charge in [0.05, 0.1) is 23.9 Å². The Morgan fingerprint density at radius 2 is 2.53 bits per heavy atom. The van der Waals surface area contributed by atoms with Crippen molar-refractivity contribution in [1.82, 2.24) is 20.3 Å². The van der Waals surface area contributed by atoms with Crippen molar-refractivity contribution >= 4 is 5.91 Å². The molecule has 2 heterocycles. The van der Waals surface area contributed by atoms with E-state index in [1.807, 2.05) is 7.05 Å². The molecule has 1 amide bonds. The number of aryl methyl sites for hydroxylation is 1. The van der Waals surface area contributed by atoms with Crippen LogP contribution in [0.5, 0.6) is 0 Å². The Morgan fingerprint density at radius 3 is 3.13 bits per heavy atom. The van der Waals surface area contributed by atoms with Crippen LogP contribution in [0.3, 0.4) is 0 Å². The second-order valence-corrected chi connectivity index (χ2v) is 3.87. The number of hydrogen-bond donors (Lipinski definition) is 2. The fraction of sp³-hybridized carbons (Fsp3) is 0.667. The average Bonchev–Trinajstić information content (AvgIpc) is 2.64. The molecule has 0 spiro atoms. The summed E-state index contributed by atoms with van der Waals surface area (Å²) in [6, 6.07) is -0.0451. The van der Waals surface area contributed by atoms with Gasteiger partial charge in [0.15, 0.2) is 0 Å². The van der Waals surface area contributed by atoms with Gasteiger partial charge in [0.1, 0.15) is 0 Å². The first-order valence-corrected chi connectivity index (χ1v) is 5.07. The van der Waals surface area contributed by atoms with Crippen molar-refractivity contribution in [3.05, 3.63) is 11.9 Å². The normalized spacial score (nSPS) is 26.5. The zero-order valence-electron chi connectivity index (χ0n) is 8.68. The second-order valence-electron chi connectivity index (χ2n) is 3.87. The van der Waals surface area contributed by atoms with Crippen LogP contribution in [0.2, 0.25) is 0 Å². The topological polar surface area (TPSA) is 85.8 Å². The molecule has 82 valence electrons. The number of carbonyl (C=O) groups is 1. The summed E-state index contributed by atoms with van der Waals surface area (Å²) in [6.07, 6.45) is 3.49. The molecule has 0 radical (unpaired) electrons. The molecule has 1 aromatic heterocycles. The fourth-order valence-corrected chi connectivity index (χ4v) is 2.08. The molecule has 0 aromatic carbocycles. The van der Waals surface area contributed by atoms with E-state index in [4.69, 9.17) is 5.73 Å². The minimum Gasteiger partial charge on any atom is -0.369 e. The van der Waals surface area contributed by atoms with Crippen molar-refractivity contribution in [2.24, 2.45) is 18.7 Å². The Hall–Kier alpha value is -1.43. The quantitative estimate of drug-likeness (QED) is 0.677. The van der Waals surface area contributed by atoms with Crippen molar-refractivity contribution in [2.45, 2.75) is 18.9 Å². The van der Waals surface area contributed by atoms with Crippen LogP contribution < -0.4 is 11.1 Å². The number of amides is 1. The number of rotatable bonds is 2. The molecular formula is C9H15N5O. The Kier molecular flexibility index (Phi) is 2.68. The fourth-order valence-electron chi connectivity index (χ4n) is 2.08. The van der Waals surface area contributed by atoms with E-state index in [0.29, 0.717) is 0 Å². The van der Waals surface area contributed by atoms with Gasteiger partial charge < -0.3 is 11.1 Å². The molecule has 2 unspecified atom stereocenters. The molecule has 15 heavy (non-hydrogen) atoms. The van der Waals surface area contributed by atoms with Crippen LogP contribution in [0.15, 0.2) is 6.20 Å². The summed E-state index contributed by atoms with van der Waals surface area (Å²) < 4.78 is 1.68. The Labute approximate surface area is 87.8 Å². The molecule has 1 fully saturated rings. The third-order valence-corrected chi connectivity index (χ3v) is 2.89. The van der Waals surface area contributed by atoms with Crippen LogP contribution in [0.25, 0.3) is 0 Å². The average molecular weight is 209 g/mol. The van der Waals surface area contributed by atoms with E-state index in [1.165, 1.54) is 0 Å². The van der Waals surface area contributed by atoms with E-state index < -0.39 is 0 Å². The number of nitrogens with two attached hydrogens (primary N) is 1. The predicted octanol–water partition coefficient (Wildman–Crippen LogP) is -0.659. The zero-order valence-corrected chi connectivity index (χ0v) is 8.68. The number of primary amides is 1. The molecule has 2 atom stereocenters. The van der Waals surface area contributed by atoms with Gasteiger partial charge in [-0.2, -0.15) is 0 Å². The van der Waals surface area contributed by atoms with E-state index in [-0.39, 0.29) is 17.9 Å². The standard InChI is InChI=1S/C9H15N5O/c1-14-7(5-12-13-14)8-6(9(10)15)3-2-4-11-8/h5-6,8,11H,2-4H2,1H3,(H2,10,15). The molecule has 1 aliphatic heterocycles. The van der Waals surface area contributed by atoms with Crippen LogP contribution in [0.4, 0.5) is 0 Å². The molecule has 1 aromatic rings. The summed E-state index contributed by atoms with van der Waals surface area (Å²) >= 11 is 0. The summed E-state index contributed by atoms with van der Waals surface area (Å²) in [7, 11) is 1.82. The SMILES string of the molecule is Cn1nncc1C1NCCCC1C(N)=O. The molecule has 1 aliphatic rings. The maximum absolute atomic E-state index is 11.3. The first-order chi connectivity index (χ1) is 7.20. The summed E-state index contributed by atoms with van der Waals surface area (Å²) in [5, 5.41) is 11.0. The van der Waals surface area contributed by atoms with Gasteiger partial charge in [0.25, 0.3) is 0 Å². The minimum absolute atomic E-state index is 0.0451. The molecular weight excluding hydrogens is 194 g/mol. The Morgan fingerprint density at radius 1 is 1.73 bits per heavy atom. The van der Waals surface area contributed by atoms with E-state index in [1.54, 1.807) is 10.9 Å². The van der Waals surface area contributed by atoms with Gasteiger partial charge in [0.2, 0.25) is 5.91 Å². The zero-order chi connectivity index (χ0) is 10.8. The van der Waals surface area contributed by atoms with E-state index in [9.17, 15) is 4.79 Å². The maximum Gasteiger partial charge on any atom is 0.222 e. The third kappa shape index (κ3) is 1.85. The molecule has 0 saturated carbocycles.